The van der Waals surface area contributed by atoms with E-state index in [0.717, 1.165) is 16.0 Å². The molecule has 1 saturated heterocycles. The molecule has 1 unspecified atom stereocenters. The van der Waals surface area contributed by atoms with Crippen LogP contribution >= 0.6 is 0 Å². The van der Waals surface area contributed by atoms with Gasteiger partial charge >= 0.3 is 0 Å². The van der Waals surface area contributed by atoms with Gasteiger partial charge in [0.05, 0.1) is 24.5 Å². The molecule has 202 valence electrons. The fourth-order valence-electron chi connectivity index (χ4n) is 4.76. The van der Waals surface area contributed by atoms with Gasteiger partial charge in [-0.1, -0.05) is 6.07 Å². The first-order chi connectivity index (χ1) is 19.3. The third-order valence-corrected chi connectivity index (χ3v) is 6.55. The van der Waals surface area contributed by atoms with Crippen molar-refractivity contribution in [1.29, 1.82) is 0 Å². The number of hydrogen-bond donors (Lipinski definition) is 2. The van der Waals surface area contributed by atoms with Crippen molar-refractivity contribution in [1.82, 2.24) is 49.4 Å². The van der Waals surface area contributed by atoms with Gasteiger partial charge in [-0.05, 0) is 30.7 Å². The molecule has 1 aromatic carbocycles. The summed E-state index contributed by atoms with van der Waals surface area (Å²) < 4.78 is 17.1. The van der Waals surface area contributed by atoms with Crippen LogP contribution in [0.15, 0.2) is 43.0 Å². The van der Waals surface area contributed by atoms with Gasteiger partial charge in [-0.15, -0.1) is 0 Å². The second-order valence-electron chi connectivity index (χ2n) is 9.18. The largest absolute Gasteiger partial charge is 0.364 e. The van der Waals surface area contributed by atoms with Gasteiger partial charge in [0.25, 0.3) is 11.7 Å². The first-order valence-corrected chi connectivity index (χ1v) is 12.1. The van der Waals surface area contributed by atoms with Crippen LogP contribution < -0.4 is 11.1 Å². The van der Waals surface area contributed by atoms with Crippen LogP contribution in [0.4, 0.5) is 10.3 Å². The van der Waals surface area contributed by atoms with E-state index in [1.165, 1.54) is 21.7 Å². The molecule has 0 aliphatic carbocycles. The Morgan fingerprint density at radius 1 is 1.15 bits per heavy atom. The number of amides is 3. The maximum Gasteiger partial charge on any atom is 0.269 e. The molecule has 4 aromatic heterocycles. The Morgan fingerprint density at radius 2 is 2.00 bits per heavy atom. The van der Waals surface area contributed by atoms with Crippen molar-refractivity contribution >= 4 is 40.4 Å². The summed E-state index contributed by atoms with van der Waals surface area (Å²) in [6.07, 6.45) is 2.76. The SMILES string of the molecule is Cc1nc(NC(=O)[C@H]2CC(F)CN2C(=O)Cn2nc(C(N)=O)c3cc(-c4ccnnc4)ccc32)n2ncnc2n1. The number of nitrogens with one attached hydrogen (secondary N) is 1. The van der Waals surface area contributed by atoms with Crippen LogP contribution in [0.5, 0.6) is 0 Å². The molecule has 0 spiro atoms. The summed E-state index contributed by atoms with van der Waals surface area (Å²) in [5.41, 5.74) is 7.52. The number of nitrogens with zero attached hydrogens (tertiary/aromatic N) is 10. The smallest absolute Gasteiger partial charge is 0.269 e. The lowest BCUT2D eigenvalue weighted by molar-refractivity contribution is -0.137. The lowest BCUT2D eigenvalue weighted by Crippen LogP contribution is -2.45. The van der Waals surface area contributed by atoms with Gasteiger partial charge in [-0.2, -0.15) is 39.9 Å². The number of alkyl halides is 1. The number of carbonyl (C=O) groups excluding carboxylic acids is 3. The number of carbonyl (C=O) groups is 3. The van der Waals surface area contributed by atoms with Gasteiger partial charge < -0.3 is 10.6 Å². The summed E-state index contributed by atoms with van der Waals surface area (Å²) in [5.74, 6) is -1.36. The number of benzene rings is 1. The van der Waals surface area contributed by atoms with Crippen molar-refractivity contribution in [3.05, 3.63) is 54.5 Å². The van der Waals surface area contributed by atoms with Crippen LogP contribution in [0.25, 0.3) is 27.8 Å². The zero-order valence-electron chi connectivity index (χ0n) is 21.0. The summed E-state index contributed by atoms with van der Waals surface area (Å²) in [7, 11) is 0. The number of aromatic nitrogens is 9. The highest BCUT2D eigenvalue weighted by atomic mass is 19.1. The maximum absolute atomic E-state index is 14.5. The molecule has 3 N–H and O–H groups in total. The molecule has 15 nitrogen and oxygen atoms in total. The van der Waals surface area contributed by atoms with Crippen molar-refractivity contribution in [3.8, 4) is 11.1 Å². The number of anilines is 1. The Balaban J connectivity index is 1.27. The van der Waals surface area contributed by atoms with E-state index in [9.17, 15) is 18.8 Å². The molecule has 2 atom stereocenters. The van der Waals surface area contributed by atoms with E-state index in [0.29, 0.717) is 16.7 Å². The quantitative estimate of drug-likeness (QED) is 0.301. The van der Waals surface area contributed by atoms with E-state index in [1.54, 1.807) is 37.4 Å². The fourth-order valence-corrected chi connectivity index (χ4v) is 4.76. The van der Waals surface area contributed by atoms with Crippen LogP contribution in [-0.2, 0) is 16.1 Å². The molecule has 40 heavy (non-hydrogen) atoms. The highest BCUT2D eigenvalue weighted by Crippen LogP contribution is 2.27. The molecule has 1 aliphatic rings. The third kappa shape index (κ3) is 4.44. The zero-order chi connectivity index (χ0) is 28.0. The van der Waals surface area contributed by atoms with Gasteiger partial charge in [0.15, 0.2) is 5.69 Å². The average molecular weight is 545 g/mol. The van der Waals surface area contributed by atoms with Gasteiger partial charge in [-0.3, -0.25) is 24.4 Å². The summed E-state index contributed by atoms with van der Waals surface area (Å²) in [6.45, 7) is 0.995. The second-order valence-corrected chi connectivity index (χ2v) is 9.18. The molecule has 5 aromatic rings. The molecule has 6 rings (SSSR count). The fraction of sp³-hybridized carbons (Fsp3) is 0.250. The highest BCUT2D eigenvalue weighted by molar-refractivity contribution is 6.05. The average Bonchev–Trinajstić information content (AvgIpc) is 3.66. The number of aryl methyl sites for hydroxylation is 1. The number of nitrogens with two attached hydrogens (primary N) is 1. The Hall–Kier alpha value is -5.41. The van der Waals surface area contributed by atoms with Gasteiger partial charge in [-0.25, -0.2) is 4.39 Å². The molecule has 0 saturated carbocycles. The molecule has 16 heteroatoms. The first-order valence-electron chi connectivity index (χ1n) is 12.1. The monoisotopic (exact) mass is 544 g/mol. The molecular formula is C24H21FN12O3. The zero-order valence-corrected chi connectivity index (χ0v) is 21.0. The molecule has 5 heterocycles. The number of rotatable bonds is 6. The van der Waals surface area contributed by atoms with Crippen LogP contribution in [0.1, 0.15) is 22.7 Å². The van der Waals surface area contributed by atoms with E-state index in [-0.39, 0.29) is 36.9 Å². The summed E-state index contributed by atoms with van der Waals surface area (Å²) >= 11 is 0. The highest BCUT2D eigenvalue weighted by Gasteiger charge is 2.40. The van der Waals surface area contributed by atoms with E-state index in [4.69, 9.17) is 5.73 Å². The van der Waals surface area contributed by atoms with E-state index in [2.05, 4.69) is 40.7 Å². The van der Waals surface area contributed by atoms with Crippen molar-refractivity contribution in [3.63, 3.8) is 0 Å². The number of hydrogen-bond acceptors (Lipinski definition) is 10. The maximum atomic E-state index is 14.5. The lowest BCUT2D eigenvalue weighted by atomic mass is 10.0. The third-order valence-electron chi connectivity index (χ3n) is 6.55. The molecule has 1 fully saturated rings. The Bertz CT molecular complexity index is 1790. The topological polar surface area (TPSA) is 192 Å². The number of halogens is 1. The molecule has 0 bridgehead atoms. The normalized spacial score (nSPS) is 17.0. The minimum absolute atomic E-state index is 0.0262. The Labute approximate surface area is 224 Å². The summed E-state index contributed by atoms with van der Waals surface area (Å²) in [4.78, 5) is 52.2. The van der Waals surface area contributed by atoms with Crippen molar-refractivity contribution in [2.75, 3.05) is 11.9 Å². The minimum Gasteiger partial charge on any atom is -0.364 e. The lowest BCUT2D eigenvalue weighted by Gasteiger charge is -2.23. The molecule has 1 aliphatic heterocycles. The van der Waals surface area contributed by atoms with Gasteiger partial charge in [0.1, 0.15) is 30.9 Å². The molecule has 3 amide bonds. The number of primary amides is 1. The van der Waals surface area contributed by atoms with Crippen LogP contribution in [0.3, 0.4) is 0 Å². The standard InChI is InChI=1S/C24H21FN12O3/c1-12-31-23-27-11-30-37(23)24(32-12)33-22(40)18-7-15(25)9-35(18)19(38)10-36-17-3-2-13(14-4-5-28-29-8-14)6-16(17)20(34-36)21(26)39/h2-6,8,11,15,18H,7,9-10H2,1H3,(H2,26,39)(H,27,30,31,32,33,40)/t15?,18-/m1/s1. The van der Waals surface area contributed by atoms with Crippen LogP contribution in [0, 0.1) is 6.92 Å². The predicted octanol–water partition coefficient (Wildman–Crippen LogP) is 0.311. The number of fused-ring (bicyclic) bond motifs is 2. The van der Waals surface area contributed by atoms with Crippen molar-refractivity contribution in [2.24, 2.45) is 5.73 Å². The molecular weight excluding hydrogens is 523 g/mol. The Morgan fingerprint density at radius 3 is 2.77 bits per heavy atom. The summed E-state index contributed by atoms with van der Waals surface area (Å²) in [6, 6.07) is 5.85. The number of likely N-dealkylation sites (tertiary alicyclic amines) is 1. The minimum atomic E-state index is -1.41. The predicted molar refractivity (Wildman–Crippen MR) is 136 cm³/mol. The molecule has 0 radical (unpaired) electrons. The van der Waals surface area contributed by atoms with E-state index < -0.39 is 29.9 Å². The first kappa shape index (κ1) is 24.9. The Kier molecular flexibility index (Phi) is 6.05. The van der Waals surface area contributed by atoms with Crippen molar-refractivity contribution < 1.29 is 18.8 Å². The van der Waals surface area contributed by atoms with Crippen molar-refractivity contribution in [2.45, 2.75) is 32.1 Å². The van der Waals surface area contributed by atoms with Crippen LogP contribution in [-0.4, -0.2) is 85.9 Å². The van der Waals surface area contributed by atoms with E-state index >= 15 is 0 Å². The van der Waals surface area contributed by atoms with Gasteiger partial charge in [0, 0.05) is 17.4 Å². The summed E-state index contributed by atoms with van der Waals surface area (Å²) in [5, 5.41) is 18.9. The second kappa shape index (κ2) is 9.72. The van der Waals surface area contributed by atoms with E-state index in [1.807, 2.05) is 0 Å². The van der Waals surface area contributed by atoms with Gasteiger partial charge in [0.2, 0.25) is 17.8 Å². The van der Waals surface area contributed by atoms with Crippen LogP contribution in [0.2, 0.25) is 0 Å².